The van der Waals surface area contributed by atoms with Gasteiger partial charge in [0.05, 0.1) is 17.5 Å². The zero-order chi connectivity index (χ0) is 21.3. The number of carbonyl (C=O) groups excluding carboxylic acids is 1. The molecule has 0 spiro atoms. The van der Waals surface area contributed by atoms with Crippen molar-refractivity contribution in [2.45, 2.75) is 51.5 Å². The van der Waals surface area contributed by atoms with E-state index in [1.165, 1.54) is 15.7 Å². The van der Waals surface area contributed by atoms with Crippen LogP contribution in [-0.2, 0) is 19.3 Å². The third-order valence-electron chi connectivity index (χ3n) is 5.58. The van der Waals surface area contributed by atoms with Crippen molar-refractivity contribution in [1.82, 2.24) is 24.4 Å². The monoisotopic (exact) mass is 420 g/mol. The first-order valence-electron chi connectivity index (χ1n) is 9.59. The van der Waals surface area contributed by atoms with Gasteiger partial charge in [-0.05, 0) is 26.7 Å². The molecule has 0 aromatic carbocycles. The van der Waals surface area contributed by atoms with Crippen molar-refractivity contribution in [3.8, 4) is 0 Å². The fourth-order valence-electron chi connectivity index (χ4n) is 3.63. The maximum atomic E-state index is 13.2. The van der Waals surface area contributed by atoms with E-state index in [0.29, 0.717) is 22.7 Å². The van der Waals surface area contributed by atoms with E-state index in [1.807, 2.05) is 0 Å². The van der Waals surface area contributed by atoms with E-state index in [9.17, 15) is 18.0 Å². The number of nitrogens with zero attached hydrogens (tertiary/aromatic N) is 5. The van der Waals surface area contributed by atoms with Gasteiger partial charge in [-0.15, -0.1) is 0 Å². The van der Waals surface area contributed by atoms with Crippen LogP contribution in [0, 0.1) is 6.92 Å². The lowest BCUT2D eigenvalue weighted by Gasteiger charge is -2.27. The molecule has 2 aliphatic rings. The Morgan fingerprint density at radius 3 is 2.70 bits per heavy atom. The first-order valence-corrected chi connectivity index (χ1v) is 9.59. The summed E-state index contributed by atoms with van der Waals surface area (Å²) in [6.07, 6.45) is -0.207. The standard InChI is InChI=1S/C19H19F3N6O2/c1-10-23-15(26-18(2)3-4-18)14-11(9-30-16(14)24-10)17(29)28-6-5-27-7-12(19(20,21)22)25-13(27)8-28/h7,9H,3-6,8H2,1-2H3,(H,23,24,26). The van der Waals surface area contributed by atoms with Crippen molar-refractivity contribution in [3.05, 3.63) is 35.4 Å². The van der Waals surface area contributed by atoms with Gasteiger partial charge >= 0.3 is 6.18 Å². The van der Waals surface area contributed by atoms with Crippen molar-refractivity contribution < 1.29 is 22.4 Å². The van der Waals surface area contributed by atoms with Crippen molar-refractivity contribution in [2.75, 3.05) is 11.9 Å². The van der Waals surface area contributed by atoms with Crippen LogP contribution >= 0.6 is 0 Å². The van der Waals surface area contributed by atoms with Gasteiger partial charge in [0.15, 0.2) is 5.69 Å². The third kappa shape index (κ3) is 3.17. The second kappa shape index (κ2) is 6.19. The van der Waals surface area contributed by atoms with Gasteiger partial charge in [0.25, 0.3) is 5.91 Å². The molecule has 0 atom stereocenters. The molecule has 30 heavy (non-hydrogen) atoms. The molecule has 1 aliphatic heterocycles. The number of halogens is 3. The zero-order valence-electron chi connectivity index (χ0n) is 16.4. The van der Waals surface area contributed by atoms with E-state index in [2.05, 4.69) is 27.2 Å². The summed E-state index contributed by atoms with van der Waals surface area (Å²) in [6.45, 7) is 4.29. The quantitative estimate of drug-likeness (QED) is 0.699. The summed E-state index contributed by atoms with van der Waals surface area (Å²) in [4.78, 5) is 27.1. The third-order valence-corrected chi connectivity index (χ3v) is 5.58. The lowest BCUT2D eigenvalue weighted by molar-refractivity contribution is -0.141. The summed E-state index contributed by atoms with van der Waals surface area (Å²) in [7, 11) is 0. The Morgan fingerprint density at radius 1 is 1.23 bits per heavy atom. The lowest BCUT2D eigenvalue weighted by Crippen LogP contribution is -2.38. The normalized spacial score (nSPS) is 17.8. The highest BCUT2D eigenvalue weighted by Crippen LogP contribution is 2.40. The van der Waals surface area contributed by atoms with Gasteiger partial charge in [0, 0.05) is 24.8 Å². The van der Waals surface area contributed by atoms with Crippen LogP contribution in [0.1, 0.15) is 47.5 Å². The van der Waals surface area contributed by atoms with Crippen LogP contribution in [0.4, 0.5) is 19.0 Å². The molecular weight excluding hydrogens is 401 g/mol. The van der Waals surface area contributed by atoms with E-state index in [-0.39, 0.29) is 42.5 Å². The van der Waals surface area contributed by atoms with E-state index in [0.717, 1.165) is 19.0 Å². The summed E-state index contributed by atoms with van der Waals surface area (Å²) in [5, 5.41) is 3.86. The Balaban J connectivity index is 1.47. The second-order valence-corrected chi connectivity index (χ2v) is 8.09. The van der Waals surface area contributed by atoms with Crippen molar-refractivity contribution >= 4 is 22.8 Å². The molecule has 0 bridgehead atoms. The molecule has 0 saturated heterocycles. The number of hydrogen-bond donors (Lipinski definition) is 1. The van der Waals surface area contributed by atoms with Crippen LogP contribution in [0.2, 0.25) is 0 Å². The summed E-state index contributed by atoms with van der Waals surface area (Å²) in [5.41, 5.74) is -0.438. The summed E-state index contributed by atoms with van der Waals surface area (Å²) in [5.74, 6) is 0.897. The molecule has 0 unspecified atom stereocenters. The number of aromatic nitrogens is 4. The Kier molecular flexibility index (Phi) is 3.90. The smallest absolute Gasteiger partial charge is 0.434 e. The van der Waals surface area contributed by atoms with Crippen LogP contribution in [0.5, 0.6) is 0 Å². The predicted molar refractivity (Wildman–Crippen MR) is 99.8 cm³/mol. The number of furan rings is 1. The Hall–Kier alpha value is -3.11. The highest BCUT2D eigenvalue weighted by molar-refractivity contribution is 6.09. The molecule has 4 heterocycles. The van der Waals surface area contributed by atoms with Gasteiger partial charge in [-0.2, -0.15) is 18.2 Å². The molecule has 8 nitrogen and oxygen atoms in total. The van der Waals surface area contributed by atoms with Gasteiger partial charge in [-0.3, -0.25) is 4.79 Å². The molecule has 1 saturated carbocycles. The second-order valence-electron chi connectivity index (χ2n) is 8.09. The average molecular weight is 420 g/mol. The van der Waals surface area contributed by atoms with Gasteiger partial charge in [-0.1, -0.05) is 0 Å². The molecule has 158 valence electrons. The highest BCUT2D eigenvalue weighted by Gasteiger charge is 2.39. The van der Waals surface area contributed by atoms with Crippen molar-refractivity contribution in [3.63, 3.8) is 0 Å². The number of aryl methyl sites for hydroxylation is 1. The first kappa shape index (κ1) is 18.9. The van der Waals surface area contributed by atoms with Crippen LogP contribution in [-0.4, -0.2) is 42.4 Å². The topological polar surface area (TPSA) is 89.1 Å². The maximum absolute atomic E-state index is 13.2. The summed E-state index contributed by atoms with van der Waals surface area (Å²) < 4.78 is 45.8. The number of fused-ring (bicyclic) bond motifs is 2. The Morgan fingerprint density at radius 2 is 2.00 bits per heavy atom. The number of anilines is 1. The number of imidazole rings is 1. The minimum atomic E-state index is -4.52. The fraction of sp³-hybridized carbons (Fsp3) is 0.474. The molecule has 3 aromatic heterocycles. The van der Waals surface area contributed by atoms with Crippen molar-refractivity contribution in [1.29, 1.82) is 0 Å². The van der Waals surface area contributed by atoms with E-state index >= 15 is 0 Å². The first-order chi connectivity index (χ1) is 14.1. The van der Waals surface area contributed by atoms with Gasteiger partial charge in [0.1, 0.15) is 23.7 Å². The van der Waals surface area contributed by atoms with E-state index in [4.69, 9.17) is 4.42 Å². The van der Waals surface area contributed by atoms with Gasteiger partial charge in [0.2, 0.25) is 5.71 Å². The van der Waals surface area contributed by atoms with Crippen LogP contribution < -0.4 is 5.32 Å². The molecule has 11 heteroatoms. The largest absolute Gasteiger partial charge is 0.445 e. The number of carbonyl (C=O) groups is 1. The number of nitrogens with one attached hydrogen (secondary N) is 1. The number of amides is 1. The summed E-state index contributed by atoms with van der Waals surface area (Å²) >= 11 is 0. The molecule has 3 aromatic rings. The Bertz CT molecular complexity index is 1160. The van der Waals surface area contributed by atoms with Crippen LogP contribution in [0.25, 0.3) is 11.1 Å². The molecule has 1 aliphatic carbocycles. The number of hydrogen-bond acceptors (Lipinski definition) is 6. The zero-order valence-corrected chi connectivity index (χ0v) is 16.4. The molecule has 1 fully saturated rings. The Labute approximate surface area is 169 Å². The van der Waals surface area contributed by atoms with Gasteiger partial charge in [-0.25, -0.2) is 9.97 Å². The van der Waals surface area contributed by atoms with E-state index in [1.54, 1.807) is 6.92 Å². The predicted octanol–water partition coefficient (Wildman–Crippen LogP) is 3.37. The molecule has 1 amide bonds. The minimum Gasteiger partial charge on any atom is -0.445 e. The van der Waals surface area contributed by atoms with E-state index < -0.39 is 11.9 Å². The number of alkyl halides is 3. The van der Waals surface area contributed by atoms with Crippen LogP contribution in [0.15, 0.2) is 16.9 Å². The fourth-order valence-corrected chi connectivity index (χ4v) is 3.63. The minimum absolute atomic E-state index is 0.0191. The maximum Gasteiger partial charge on any atom is 0.434 e. The SMILES string of the molecule is Cc1nc(NC2(C)CC2)c2c(C(=O)N3CCn4cc(C(F)(F)F)nc4C3)coc2n1. The van der Waals surface area contributed by atoms with Crippen molar-refractivity contribution in [2.24, 2.45) is 0 Å². The molecule has 1 N–H and O–H groups in total. The molecule has 0 radical (unpaired) electrons. The highest BCUT2D eigenvalue weighted by atomic mass is 19.4. The average Bonchev–Trinajstić information content (AvgIpc) is 3.07. The molecule has 5 rings (SSSR count). The lowest BCUT2D eigenvalue weighted by atomic mass is 10.1. The van der Waals surface area contributed by atoms with Crippen LogP contribution in [0.3, 0.4) is 0 Å². The number of rotatable bonds is 3. The molecular formula is C19H19F3N6O2. The van der Waals surface area contributed by atoms with Gasteiger partial charge < -0.3 is 19.2 Å². The summed E-state index contributed by atoms with van der Waals surface area (Å²) in [6, 6.07) is 0.